The molecule has 0 radical (unpaired) electrons. The van der Waals surface area contributed by atoms with Crippen molar-refractivity contribution in [2.75, 3.05) is 18.0 Å². The fourth-order valence-electron chi connectivity index (χ4n) is 2.49. The lowest BCUT2D eigenvalue weighted by atomic mass is 10.0. The maximum absolute atomic E-state index is 5.75. The number of aromatic nitrogens is 1. The van der Waals surface area contributed by atoms with Crippen molar-refractivity contribution in [1.82, 2.24) is 4.98 Å². The first kappa shape index (κ1) is 12.4. The second kappa shape index (κ2) is 5.50. The first-order chi connectivity index (χ1) is 8.22. The number of anilines is 1. The molecule has 1 unspecified atom stereocenters. The average Bonchev–Trinajstić information content (AvgIpc) is 2.38. The molecule has 1 aromatic rings. The van der Waals surface area contributed by atoms with E-state index in [1.165, 1.54) is 18.4 Å². The fraction of sp³-hybridized carbons (Fsp3) is 0.643. The molecule has 2 heterocycles. The Labute approximate surface area is 104 Å². The highest BCUT2D eigenvalue weighted by Crippen LogP contribution is 2.22. The van der Waals surface area contributed by atoms with Crippen LogP contribution in [0.4, 0.5) is 5.82 Å². The molecule has 1 aromatic heterocycles. The number of aryl methyl sites for hydroxylation is 1. The molecule has 3 heteroatoms. The van der Waals surface area contributed by atoms with E-state index in [0.717, 1.165) is 36.9 Å². The molecule has 1 atom stereocenters. The van der Waals surface area contributed by atoms with E-state index in [1.807, 2.05) is 0 Å². The van der Waals surface area contributed by atoms with Gasteiger partial charge >= 0.3 is 0 Å². The van der Waals surface area contributed by atoms with Crippen LogP contribution in [0.5, 0.6) is 0 Å². The molecule has 0 amide bonds. The van der Waals surface area contributed by atoms with E-state index in [-0.39, 0.29) is 0 Å². The molecule has 0 bridgehead atoms. The van der Waals surface area contributed by atoms with Crippen LogP contribution in [0.25, 0.3) is 0 Å². The largest absolute Gasteiger partial charge is 0.356 e. The van der Waals surface area contributed by atoms with Crippen LogP contribution in [-0.2, 0) is 13.0 Å². The van der Waals surface area contributed by atoms with Gasteiger partial charge in [0.1, 0.15) is 5.82 Å². The van der Waals surface area contributed by atoms with Gasteiger partial charge in [-0.15, -0.1) is 0 Å². The monoisotopic (exact) mass is 233 g/mol. The normalized spacial score (nSPS) is 20.6. The third-order valence-corrected chi connectivity index (χ3v) is 3.50. The van der Waals surface area contributed by atoms with Crippen molar-refractivity contribution < 1.29 is 0 Å². The summed E-state index contributed by atoms with van der Waals surface area (Å²) in [6, 6.07) is 4.27. The second-order valence-electron chi connectivity index (χ2n) is 5.08. The van der Waals surface area contributed by atoms with Crippen LogP contribution in [0.2, 0.25) is 0 Å². The van der Waals surface area contributed by atoms with Gasteiger partial charge in [-0.25, -0.2) is 4.98 Å². The average molecular weight is 233 g/mol. The quantitative estimate of drug-likeness (QED) is 0.871. The third-order valence-electron chi connectivity index (χ3n) is 3.50. The van der Waals surface area contributed by atoms with Crippen molar-refractivity contribution >= 4 is 5.82 Å². The lowest BCUT2D eigenvalue weighted by Gasteiger charge is -2.32. The van der Waals surface area contributed by atoms with E-state index in [4.69, 9.17) is 10.7 Å². The van der Waals surface area contributed by atoms with Gasteiger partial charge in [0.2, 0.25) is 0 Å². The van der Waals surface area contributed by atoms with E-state index in [0.29, 0.717) is 6.54 Å². The molecular formula is C14H23N3. The summed E-state index contributed by atoms with van der Waals surface area (Å²) in [5, 5.41) is 0. The minimum atomic E-state index is 0.603. The van der Waals surface area contributed by atoms with Crippen molar-refractivity contribution in [3.63, 3.8) is 0 Å². The standard InChI is InChI=1S/C14H23N3/c1-3-13-7-12(9-15)8-14(16-13)17-6-4-5-11(2)10-17/h7-8,11H,3-6,9-10,15H2,1-2H3. The summed E-state index contributed by atoms with van der Waals surface area (Å²) in [5.74, 6) is 1.90. The zero-order valence-corrected chi connectivity index (χ0v) is 10.9. The predicted octanol–water partition coefficient (Wildman–Crippen LogP) is 2.34. The van der Waals surface area contributed by atoms with Crippen LogP contribution in [0, 0.1) is 5.92 Å². The number of hydrogen-bond acceptors (Lipinski definition) is 3. The maximum Gasteiger partial charge on any atom is 0.129 e. The van der Waals surface area contributed by atoms with Crippen LogP contribution in [0.15, 0.2) is 12.1 Å². The first-order valence-electron chi connectivity index (χ1n) is 6.67. The number of hydrogen-bond donors (Lipinski definition) is 1. The number of pyridine rings is 1. The Kier molecular flexibility index (Phi) is 4.00. The summed E-state index contributed by atoms with van der Waals surface area (Å²) in [6.07, 6.45) is 3.59. The zero-order valence-electron chi connectivity index (χ0n) is 10.9. The van der Waals surface area contributed by atoms with Crippen LogP contribution < -0.4 is 10.6 Å². The zero-order chi connectivity index (χ0) is 12.3. The minimum absolute atomic E-state index is 0.603. The Morgan fingerprint density at radius 3 is 2.94 bits per heavy atom. The minimum Gasteiger partial charge on any atom is -0.356 e. The van der Waals surface area contributed by atoms with Crippen molar-refractivity contribution in [1.29, 1.82) is 0 Å². The molecule has 1 fully saturated rings. The molecule has 1 aliphatic rings. The van der Waals surface area contributed by atoms with Crippen molar-refractivity contribution in [3.05, 3.63) is 23.4 Å². The Bertz CT molecular complexity index is 353. The number of rotatable bonds is 3. The van der Waals surface area contributed by atoms with Gasteiger partial charge in [0, 0.05) is 25.3 Å². The van der Waals surface area contributed by atoms with Gasteiger partial charge in [-0.2, -0.15) is 0 Å². The van der Waals surface area contributed by atoms with E-state index >= 15 is 0 Å². The van der Waals surface area contributed by atoms with Gasteiger partial charge in [-0.05, 0) is 42.9 Å². The first-order valence-corrected chi connectivity index (χ1v) is 6.67. The molecule has 0 aromatic carbocycles. The summed E-state index contributed by atoms with van der Waals surface area (Å²) >= 11 is 0. The molecule has 2 rings (SSSR count). The van der Waals surface area contributed by atoms with E-state index in [1.54, 1.807) is 0 Å². The highest BCUT2D eigenvalue weighted by molar-refractivity contribution is 5.43. The van der Waals surface area contributed by atoms with Crippen molar-refractivity contribution in [3.8, 4) is 0 Å². The Morgan fingerprint density at radius 1 is 1.47 bits per heavy atom. The summed E-state index contributed by atoms with van der Waals surface area (Å²) in [7, 11) is 0. The molecule has 1 aliphatic heterocycles. The maximum atomic E-state index is 5.75. The third kappa shape index (κ3) is 2.97. The second-order valence-corrected chi connectivity index (χ2v) is 5.08. The molecule has 3 nitrogen and oxygen atoms in total. The fourth-order valence-corrected chi connectivity index (χ4v) is 2.49. The summed E-state index contributed by atoms with van der Waals surface area (Å²) in [4.78, 5) is 7.14. The summed E-state index contributed by atoms with van der Waals surface area (Å²) in [5.41, 5.74) is 8.11. The Balaban J connectivity index is 2.23. The van der Waals surface area contributed by atoms with Gasteiger partial charge < -0.3 is 10.6 Å². The lowest BCUT2D eigenvalue weighted by molar-refractivity contribution is 0.444. The Hall–Kier alpha value is -1.09. The number of piperidine rings is 1. The molecule has 0 saturated carbocycles. The smallest absolute Gasteiger partial charge is 0.129 e. The Morgan fingerprint density at radius 2 is 2.29 bits per heavy atom. The lowest BCUT2D eigenvalue weighted by Crippen LogP contribution is -2.35. The van der Waals surface area contributed by atoms with Gasteiger partial charge in [0.05, 0.1) is 0 Å². The van der Waals surface area contributed by atoms with Crippen LogP contribution in [-0.4, -0.2) is 18.1 Å². The SMILES string of the molecule is CCc1cc(CN)cc(N2CCCC(C)C2)n1. The van der Waals surface area contributed by atoms with Crippen LogP contribution in [0.3, 0.4) is 0 Å². The predicted molar refractivity (Wildman–Crippen MR) is 72.1 cm³/mol. The molecule has 2 N–H and O–H groups in total. The summed E-state index contributed by atoms with van der Waals surface area (Å²) in [6.45, 7) is 7.33. The van der Waals surface area contributed by atoms with Crippen molar-refractivity contribution in [2.45, 2.75) is 39.7 Å². The van der Waals surface area contributed by atoms with Crippen molar-refractivity contribution in [2.24, 2.45) is 11.7 Å². The molecule has 0 spiro atoms. The van der Waals surface area contributed by atoms with E-state index in [9.17, 15) is 0 Å². The molecule has 1 saturated heterocycles. The molecule has 94 valence electrons. The van der Waals surface area contributed by atoms with E-state index in [2.05, 4.69) is 30.9 Å². The van der Waals surface area contributed by atoms with Gasteiger partial charge in [-0.3, -0.25) is 0 Å². The number of nitrogens with zero attached hydrogens (tertiary/aromatic N) is 2. The van der Waals surface area contributed by atoms with Crippen LogP contribution in [0.1, 0.15) is 37.9 Å². The highest BCUT2D eigenvalue weighted by Gasteiger charge is 2.18. The summed E-state index contributed by atoms with van der Waals surface area (Å²) < 4.78 is 0. The molecule has 17 heavy (non-hydrogen) atoms. The molecular weight excluding hydrogens is 210 g/mol. The van der Waals surface area contributed by atoms with E-state index < -0.39 is 0 Å². The topological polar surface area (TPSA) is 42.1 Å². The highest BCUT2D eigenvalue weighted by atomic mass is 15.2. The van der Waals surface area contributed by atoms with Gasteiger partial charge in [0.15, 0.2) is 0 Å². The number of nitrogens with two attached hydrogens (primary N) is 1. The van der Waals surface area contributed by atoms with Crippen LogP contribution >= 0.6 is 0 Å². The van der Waals surface area contributed by atoms with Gasteiger partial charge in [0.25, 0.3) is 0 Å². The van der Waals surface area contributed by atoms with Gasteiger partial charge in [-0.1, -0.05) is 13.8 Å². The molecule has 0 aliphatic carbocycles.